The number of nitrogens with one attached hydrogen (secondary N) is 1. The molecule has 0 aliphatic carbocycles. The molecule has 11 nitrogen and oxygen atoms in total. The molecule has 0 saturated heterocycles. The van der Waals surface area contributed by atoms with Crippen molar-refractivity contribution in [2.75, 3.05) is 26.3 Å². The molecule has 0 spiro atoms. The molecular formula is C21H31N3O8. The first-order chi connectivity index (χ1) is 15.1. The third-order valence-corrected chi connectivity index (χ3v) is 4.28. The molecule has 0 aliphatic heterocycles. The van der Waals surface area contributed by atoms with Crippen molar-refractivity contribution in [1.82, 2.24) is 10.2 Å². The predicted octanol–water partition coefficient (Wildman–Crippen LogP) is 1.66. The number of hydrogen-bond acceptors (Lipinski definition) is 8. The second-order valence-electron chi connectivity index (χ2n) is 7.45. The molecule has 2 N–H and O–H groups in total. The molecular weight excluding hydrogens is 422 g/mol. The van der Waals surface area contributed by atoms with Crippen molar-refractivity contribution < 1.29 is 33.9 Å². The fourth-order valence-corrected chi connectivity index (χ4v) is 2.87. The molecule has 0 aliphatic rings. The van der Waals surface area contributed by atoms with Crippen molar-refractivity contribution in [3.63, 3.8) is 0 Å². The van der Waals surface area contributed by atoms with Gasteiger partial charge in [0.1, 0.15) is 6.04 Å². The summed E-state index contributed by atoms with van der Waals surface area (Å²) in [7, 11) is 0. The first kappa shape index (κ1) is 26.8. The van der Waals surface area contributed by atoms with Gasteiger partial charge in [-0.3, -0.25) is 10.1 Å². The summed E-state index contributed by atoms with van der Waals surface area (Å²) in [5, 5.41) is 23.5. The Morgan fingerprint density at radius 1 is 1.06 bits per heavy atom. The van der Waals surface area contributed by atoms with Crippen LogP contribution in [-0.4, -0.2) is 71.3 Å². The fraction of sp³-hybridized carbons (Fsp3) is 0.571. The number of carbonyl (C=O) groups excluding carboxylic acids is 3. The third kappa shape index (κ3) is 8.88. The second kappa shape index (κ2) is 13.3. The first-order valence-corrected chi connectivity index (χ1v) is 10.4. The van der Waals surface area contributed by atoms with E-state index in [1.807, 2.05) is 13.8 Å². The van der Waals surface area contributed by atoms with E-state index < -0.39 is 35.0 Å². The van der Waals surface area contributed by atoms with E-state index in [4.69, 9.17) is 9.47 Å². The Hall–Kier alpha value is -3.21. The summed E-state index contributed by atoms with van der Waals surface area (Å²) in [6, 6.07) is 3.86. The summed E-state index contributed by atoms with van der Waals surface area (Å²) in [6.07, 6.45) is -1.49. The zero-order chi connectivity index (χ0) is 24.3. The zero-order valence-electron chi connectivity index (χ0n) is 18.8. The molecule has 2 amide bonds. The van der Waals surface area contributed by atoms with E-state index >= 15 is 0 Å². The molecule has 0 bridgehead atoms. The number of rotatable bonds is 12. The molecule has 0 heterocycles. The van der Waals surface area contributed by atoms with E-state index in [0.29, 0.717) is 5.56 Å². The number of esters is 2. The highest BCUT2D eigenvalue weighted by Gasteiger charge is 2.28. The quantitative estimate of drug-likeness (QED) is 0.276. The molecule has 0 saturated carbocycles. The van der Waals surface area contributed by atoms with Gasteiger partial charge >= 0.3 is 18.0 Å². The van der Waals surface area contributed by atoms with Gasteiger partial charge in [0.2, 0.25) is 0 Å². The maximum atomic E-state index is 12.9. The minimum atomic E-state index is -1.53. The van der Waals surface area contributed by atoms with Crippen LogP contribution in [0.4, 0.5) is 10.5 Å². The number of nitro benzene ring substituents is 1. The highest BCUT2D eigenvalue weighted by Crippen LogP contribution is 2.14. The lowest BCUT2D eigenvalue weighted by Crippen LogP contribution is -2.52. The van der Waals surface area contributed by atoms with Gasteiger partial charge < -0.3 is 24.8 Å². The van der Waals surface area contributed by atoms with Crippen LogP contribution >= 0.6 is 0 Å². The van der Waals surface area contributed by atoms with Gasteiger partial charge in [0.05, 0.1) is 24.7 Å². The molecule has 32 heavy (non-hydrogen) atoms. The first-order valence-electron chi connectivity index (χ1n) is 10.4. The summed E-state index contributed by atoms with van der Waals surface area (Å²) in [6.45, 7) is 7.04. The lowest BCUT2D eigenvalue weighted by molar-refractivity contribution is -0.384. The predicted molar refractivity (Wildman–Crippen MR) is 115 cm³/mol. The smallest absolute Gasteiger partial charge is 0.336 e. The molecule has 2 atom stereocenters. The van der Waals surface area contributed by atoms with E-state index in [1.165, 1.54) is 29.2 Å². The summed E-state index contributed by atoms with van der Waals surface area (Å²) < 4.78 is 9.82. The van der Waals surface area contributed by atoms with E-state index in [0.717, 1.165) is 0 Å². The molecule has 0 radical (unpaired) electrons. The van der Waals surface area contributed by atoms with E-state index in [9.17, 15) is 29.6 Å². The Kier molecular flexibility index (Phi) is 11.1. The standard InChI is InChI=1S/C21H31N3O8/c1-5-31-19(26)17(11-15-7-9-16(10-8-15)24(29)30)22-21(28)23(12-14(3)4)13-18(25)20(27)32-6-2/h7-10,14,17-18,25H,5-6,11-13H2,1-4H3,(H,22,28)/t17-,18?/m0/s1. The van der Waals surface area contributed by atoms with Crippen LogP contribution < -0.4 is 5.32 Å². The van der Waals surface area contributed by atoms with Gasteiger partial charge in [-0.2, -0.15) is 0 Å². The Bertz CT molecular complexity index is 782. The van der Waals surface area contributed by atoms with Gasteiger partial charge in [-0.1, -0.05) is 26.0 Å². The van der Waals surface area contributed by atoms with Gasteiger partial charge in [-0.05, 0) is 25.3 Å². The summed E-state index contributed by atoms with van der Waals surface area (Å²) in [4.78, 5) is 48.6. The van der Waals surface area contributed by atoms with Crippen molar-refractivity contribution >= 4 is 23.7 Å². The normalized spacial score (nSPS) is 12.6. The van der Waals surface area contributed by atoms with Crippen molar-refractivity contribution in [3.8, 4) is 0 Å². The molecule has 1 unspecified atom stereocenters. The maximum absolute atomic E-state index is 12.9. The fourth-order valence-electron chi connectivity index (χ4n) is 2.87. The van der Waals surface area contributed by atoms with E-state index in [-0.39, 0.29) is 44.3 Å². The Morgan fingerprint density at radius 2 is 1.62 bits per heavy atom. The number of benzene rings is 1. The van der Waals surface area contributed by atoms with Crippen LogP contribution in [0.15, 0.2) is 24.3 Å². The van der Waals surface area contributed by atoms with Crippen molar-refractivity contribution in [1.29, 1.82) is 0 Å². The highest BCUT2D eigenvalue weighted by atomic mass is 16.6. The second-order valence-corrected chi connectivity index (χ2v) is 7.45. The van der Waals surface area contributed by atoms with Crippen molar-refractivity contribution in [3.05, 3.63) is 39.9 Å². The van der Waals surface area contributed by atoms with Crippen LogP contribution in [0.1, 0.15) is 33.3 Å². The number of amides is 2. The SMILES string of the molecule is CCOC(=O)C(O)CN(CC(C)C)C(=O)N[C@@H](Cc1ccc([N+](=O)[O-])cc1)C(=O)OCC. The van der Waals surface area contributed by atoms with Gasteiger partial charge in [-0.15, -0.1) is 0 Å². The van der Waals surface area contributed by atoms with Crippen molar-refractivity contribution in [2.24, 2.45) is 5.92 Å². The lowest BCUT2D eigenvalue weighted by Gasteiger charge is -2.28. The van der Waals surface area contributed by atoms with Crippen LogP contribution in [0, 0.1) is 16.0 Å². The molecule has 1 aromatic carbocycles. The van der Waals surface area contributed by atoms with Gasteiger partial charge in [-0.25, -0.2) is 14.4 Å². The number of carbonyl (C=O) groups is 3. The number of ether oxygens (including phenoxy) is 2. The number of aliphatic hydroxyl groups is 1. The number of urea groups is 1. The number of hydrogen-bond donors (Lipinski definition) is 2. The molecule has 1 rings (SSSR count). The van der Waals surface area contributed by atoms with Gasteiger partial charge in [0.15, 0.2) is 6.10 Å². The van der Waals surface area contributed by atoms with Crippen molar-refractivity contribution in [2.45, 2.75) is 46.3 Å². The van der Waals surface area contributed by atoms with Crippen LogP contribution in [0.5, 0.6) is 0 Å². The van der Waals surface area contributed by atoms with Gasteiger partial charge in [0.25, 0.3) is 5.69 Å². The van der Waals surface area contributed by atoms with Crippen LogP contribution in [0.2, 0.25) is 0 Å². The Balaban J connectivity index is 2.99. The average molecular weight is 453 g/mol. The molecule has 0 aromatic heterocycles. The molecule has 1 aromatic rings. The van der Waals surface area contributed by atoms with Crippen LogP contribution in [-0.2, 0) is 25.5 Å². The number of non-ortho nitro benzene ring substituents is 1. The Labute approximate surface area is 186 Å². The average Bonchev–Trinajstić information content (AvgIpc) is 2.73. The molecule has 178 valence electrons. The van der Waals surface area contributed by atoms with E-state index in [2.05, 4.69) is 5.32 Å². The number of nitrogens with zero attached hydrogens (tertiary/aromatic N) is 2. The minimum absolute atomic E-state index is 0.0193. The van der Waals surface area contributed by atoms with E-state index in [1.54, 1.807) is 13.8 Å². The largest absolute Gasteiger partial charge is 0.464 e. The monoisotopic (exact) mass is 453 g/mol. The minimum Gasteiger partial charge on any atom is -0.464 e. The molecule has 0 fully saturated rings. The number of nitro groups is 1. The van der Waals surface area contributed by atoms with Crippen LogP contribution in [0.25, 0.3) is 0 Å². The van der Waals surface area contributed by atoms with Gasteiger partial charge in [0, 0.05) is 25.1 Å². The molecule has 11 heteroatoms. The summed E-state index contributed by atoms with van der Waals surface area (Å²) in [5.41, 5.74) is 0.484. The number of aliphatic hydroxyl groups excluding tert-OH is 1. The lowest BCUT2D eigenvalue weighted by atomic mass is 10.1. The summed E-state index contributed by atoms with van der Waals surface area (Å²) >= 11 is 0. The van der Waals surface area contributed by atoms with Crippen LogP contribution in [0.3, 0.4) is 0 Å². The zero-order valence-corrected chi connectivity index (χ0v) is 18.8. The summed E-state index contributed by atoms with van der Waals surface area (Å²) in [5.74, 6) is -1.50. The highest BCUT2D eigenvalue weighted by molar-refractivity contribution is 5.84. The maximum Gasteiger partial charge on any atom is 0.336 e. The Morgan fingerprint density at radius 3 is 2.12 bits per heavy atom. The topological polar surface area (TPSA) is 148 Å². The third-order valence-electron chi connectivity index (χ3n) is 4.28.